The highest BCUT2D eigenvalue weighted by Crippen LogP contribution is 2.33. The zero-order chi connectivity index (χ0) is 21.8. The van der Waals surface area contributed by atoms with E-state index in [1.54, 1.807) is 11.8 Å². The van der Waals surface area contributed by atoms with E-state index < -0.39 is 5.25 Å². The minimum Gasteiger partial charge on any atom is -0.324 e. The van der Waals surface area contributed by atoms with Crippen LogP contribution in [-0.4, -0.2) is 27.0 Å². The average Bonchev–Trinajstić information content (AvgIpc) is 2.80. The molecule has 5 nitrogen and oxygen atoms in total. The number of carbonyl (C=O) groups is 1. The van der Waals surface area contributed by atoms with Gasteiger partial charge in [-0.2, -0.15) is 0 Å². The van der Waals surface area contributed by atoms with Gasteiger partial charge in [0.2, 0.25) is 5.91 Å². The quantitative estimate of drug-likeness (QED) is 0.381. The molecule has 1 N–H and O–H groups in total. The molecule has 1 aliphatic rings. The predicted octanol–water partition coefficient (Wildman–Crippen LogP) is 5.74. The summed E-state index contributed by atoms with van der Waals surface area (Å²) in [5, 5.41) is 3.92. The maximum Gasteiger partial charge on any atom is 0.262 e. The topological polar surface area (TPSA) is 64.0 Å². The SMILES string of the molecule is CSc1ccccc1NC(=O)[C@@H](C)Sc1nc2ccccc2c(=O)n1C1CCCCC1. The third-order valence-electron chi connectivity index (χ3n) is 5.73. The Bertz CT molecular complexity index is 1140. The first kappa shape index (κ1) is 22.0. The minimum atomic E-state index is -0.391. The molecule has 1 aromatic heterocycles. The van der Waals surface area contributed by atoms with Crippen LogP contribution in [0.25, 0.3) is 10.9 Å². The molecule has 7 heteroatoms. The summed E-state index contributed by atoms with van der Waals surface area (Å²) in [5.74, 6) is -0.0934. The van der Waals surface area contributed by atoms with Crippen molar-refractivity contribution in [3.8, 4) is 0 Å². The summed E-state index contributed by atoms with van der Waals surface area (Å²) in [6, 6.07) is 15.4. The van der Waals surface area contributed by atoms with Crippen molar-refractivity contribution < 1.29 is 4.79 Å². The molecule has 31 heavy (non-hydrogen) atoms. The van der Waals surface area contributed by atoms with Crippen LogP contribution in [-0.2, 0) is 4.79 Å². The number of anilines is 1. The van der Waals surface area contributed by atoms with Crippen molar-refractivity contribution in [1.82, 2.24) is 9.55 Å². The Morgan fingerprint density at radius 2 is 1.81 bits per heavy atom. The van der Waals surface area contributed by atoms with Crippen molar-refractivity contribution in [1.29, 1.82) is 0 Å². The van der Waals surface area contributed by atoms with Gasteiger partial charge in [0.15, 0.2) is 5.16 Å². The average molecular weight is 454 g/mol. The number of nitrogens with one attached hydrogen (secondary N) is 1. The molecule has 3 aromatic rings. The van der Waals surface area contributed by atoms with E-state index in [9.17, 15) is 9.59 Å². The lowest BCUT2D eigenvalue weighted by Gasteiger charge is -2.26. The second kappa shape index (κ2) is 9.92. The lowest BCUT2D eigenvalue weighted by Crippen LogP contribution is -2.30. The van der Waals surface area contributed by atoms with Crippen molar-refractivity contribution in [2.24, 2.45) is 0 Å². The van der Waals surface area contributed by atoms with Gasteiger partial charge >= 0.3 is 0 Å². The Morgan fingerprint density at radius 1 is 1.10 bits per heavy atom. The smallest absolute Gasteiger partial charge is 0.262 e. The number of para-hydroxylation sites is 2. The van der Waals surface area contributed by atoms with Gasteiger partial charge in [-0.15, -0.1) is 11.8 Å². The second-order valence-electron chi connectivity index (χ2n) is 7.83. The Kier molecular flexibility index (Phi) is 7.02. The van der Waals surface area contributed by atoms with Crippen LogP contribution in [0.15, 0.2) is 63.4 Å². The lowest BCUT2D eigenvalue weighted by atomic mass is 9.95. The molecule has 1 amide bonds. The number of hydrogen-bond donors (Lipinski definition) is 1. The number of hydrogen-bond acceptors (Lipinski definition) is 5. The van der Waals surface area contributed by atoms with Gasteiger partial charge in [-0.3, -0.25) is 14.2 Å². The van der Waals surface area contributed by atoms with Crippen LogP contribution in [0.1, 0.15) is 45.1 Å². The maximum absolute atomic E-state index is 13.4. The van der Waals surface area contributed by atoms with Crippen LogP contribution in [0, 0.1) is 0 Å². The number of thioether (sulfide) groups is 2. The zero-order valence-electron chi connectivity index (χ0n) is 17.8. The summed E-state index contributed by atoms with van der Waals surface area (Å²) in [6.45, 7) is 1.87. The van der Waals surface area contributed by atoms with Gasteiger partial charge < -0.3 is 5.32 Å². The van der Waals surface area contributed by atoms with E-state index in [4.69, 9.17) is 4.98 Å². The third-order valence-corrected chi connectivity index (χ3v) is 7.59. The molecule has 1 saturated carbocycles. The largest absolute Gasteiger partial charge is 0.324 e. The van der Waals surface area contributed by atoms with Gasteiger partial charge in [-0.1, -0.05) is 55.3 Å². The first-order chi connectivity index (χ1) is 15.1. The van der Waals surface area contributed by atoms with Gasteiger partial charge in [-0.05, 0) is 50.3 Å². The fraction of sp³-hybridized carbons (Fsp3) is 0.375. The Morgan fingerprint density at radius 3 is 2.58 bits per heavy atom. The number of aromatic nitrogens is 2. The highest BCUT2D eigenvalue weighted by molar-refractivity contribution is 8.00. The fourth-order valence-corrected chi connectivity index (χ4v) is 5.60. The van der Waals surface area contributed by atoms with Gasteiger partial charge in [0.1, 0.15) is 0 Å². The summed E-state index contributed by atoms with van der Waals surface area (Å²) in [5.41, 5.74) is 1.49. The van der Waals surface area contributed by atoms with E-state index in [1.807, 2.05) is 66.3 Å². The van der Waals surface area contributed by atoms with Gasteiger partial charge in [-0.25, -0.2) is 4.98 Å². The Balaban J connectivity index is 1.65. The maximum atomic E-state index is 13.4. The van der Waals surface area contributed by atoms with Gasteiger partial charge in [0.25, 0.3) is 5.56 Å². The molecule has 0 unspecified atom stereocenters. The molecular formula is C24H27N3O2S2. The van der Waals surface area contributed by atoms with Crippen LogP contribution in [0.3, 0.4) is 0 Å². The van der Waals surface area contributed by atoms with Crippen LogP contribution in [0.5, 0.6) is 0 Å². The van der Waals surface area contributed by atoms with Crippen LogP contribution in [0.4, 0.5) is 5.69 Å². The normalized spacial score (nSPS) is 15.7. The standard InChI is InChI=1S/C24H27N3O2S2/c1-16(22(28)25-20-14-8-9-15-21(20)30-2)31-24-26-19-13-7-6-12-18(19)23(29)27(24)17-10-4-3-5-11-17/h6-9,12-17H,3-5,10-11H2,1-2H3,(H,25,28)/t16-/m1/s1. The molecule has 0 radical (unpaired) electrons. The van der Waals surface area contributed by atoms with E-state index >= 15 is 0 Å². The Labute approximate surface area is 191 Å². The first-order valence-corrected chi connectivity index (χ1v) is 12.8. The Hall–Kier alpha value is -2.25. The molecule has 1 aliphatic carbocycles. The van der Waals surface area contributed by atoms with Crippen molar-refractivity contribution in [3.63, 3.8) is 0 Å². The summed E-state index contributed by atoms with van der Waals surface area (Å²) in [7, 11) is 0. The molecule has 4 rings (SSSR count). The number of carbonyl (C=O) groups excluding carboxylic acids is 1. The number of rotatable bonds is 6. The van der Waals surface area contributed by atoms with E-state index in [1.165, 1.54) is 18.2 Å². The molecule has 2 aromatic carbocycles. The van der Waals surface area contributed by atoms with Crippen LogP contribution in [0.2, 0.25) is 0 Å². The minimum absolute atomic E-state index is 0.000312. The van der Waals surface area contributed by atoms with Crippen LogP contribution >= 0.6 is 23.5 Å². The van der Waals surface area contributed by atoms with Crippen molar-refractivity contribution in [3.05, 3.63) is 58.9 Å². The summed E-state index contributed by atoms with van der Waals surface area (Å²) in [4.78, 5) is 32.2. The molecule has 1 fully saturated rings. The lowest BCUT2D eigenvalue weighted by molar-refractivity contribution is -0.115. The molecule has 0 bridgehead atoms. The van der Waals surface area contributed by atoms with Gasteiger partial charge in [0, 0.05) is 10.9 Å². The number of amides is 1. The molecule has 0 saturated heterocycles. The molecule has 162 valence electrons. The van der Waals surface area contributed by atoms with Gasteiger partial charge in [0.05, 0.1) is 21.8 Å². The van der Waals surface area contributed by atoms with Crippen molar-refractivity contribution in [2.45, 2.75) is 60.4 Å². The van der Waals surface area contributed by atoms with Crippen molar-refractivity contribution in [2.75, 3.05) is 11.6 Å². The number of fused-ring (bicyclic) bond motifs is 1. The zero-order valence-corrected chi connectivity index (χ0v) is 19.5. The summed E-state index contributed by atoms with van der Waals surface area (Å²) < 4.78 is 1.85. The number of benzene rings is 2. The summed E-state index contributed by atoms with van der Waals surface area (Å²) >= 11 is 2.97. The first-order valence-electron chi connectivity index (χ1n) is 10.7. The van der Waals surface area contributed by atoms with E-state index in [2.05, 4.69) is 5.32 Å². The van der Waals surface area contributed by atoms with Crippen molar-refractivity contribution >= 4 is 46.0 Å². The highest BCUT2D eigenvalue weighted by Gasteiger charge is 2.25. The number of nitrogens with zero attached hydrogens (tertiary/aromatic N) is 2. The fourth-order valence-electron chi connectivity index (χ4n) is 4.06. The van der Waals surface area contributed by atoms with E-state index in [-0.39, 0.29) is 17.5 Å². The molecule has 1 atom stereocenters. The second-order valence-corrected chi connectivity index (χ2v) is 9.98. The molecule has 0 aliphatic heterocycles. The molecule has 1 heterocycles. The predicted molar refractivity (Wildman–Crippen MR) is 130 cm³/mol. The van der Waals surface area contributed by atoms with E-state index in [0.29, 0.717) is 16.1 Å². The highest BCUT2D eigenvalue weighted by atomic mass is 32.2. The molecule has 0 spiro atoms. The third kappa shape index (κ3) is 4.83. The van der Waals surface area contributed by atoms with Crippen LogP contribution < -0.4 is 10.9 Å². The monoisotopic (exact) mass is 453 g/mol. The molecular weight excluding hydrogens is 426 g/mol. The van der Waals surface area contributed by atoms with E-state index in [0.717, 1.165) is 36.3 Å². The summed E-state index contributed by atoms with van der Waals surface area (Å²) in [6.07, 6.45) is 7.41.